The molecule has 32 heavy (non-hydrogen) atoms. The van der Waals surface area contributed by atoms with E-state index in [9.17, 15) is 9.90 Å². The number of aliphatic hydroxyl groups excluding tert-OH is 1. The molecule has 6 nitrogen and oxygen atoms in total. The number of carbonyl (C=O) groups is 1. The number of hydrogen-bond acceptors (Lipinski definition) is 5. The maximum atomic E-state index is 12.8. The summed E-state index contributed by atoms with van der Waals surface area (Å²) in [5, 5.41) is 14.8. The predicted molar refractivity (Wildman–Crippen MR) is 123 cm³/mol. The zero-order valence-electron chi connectivity index (χ0n) is 19.3. The van der Waals surface area contributed by atoms with Gasteiger partial charge in [-0.1, -0.05) is 12.8 Å². The maximum absolute atomic E-state index is 12.8. The molecule has 0 saturated heterocycles. The minimum Gasteiger partial charge on any atom is -0.391 e. The van der Waals surface area contributed by atoms with Gasteiger partial charge in [0, 0.05) is 25.1 Å². The Labute approximate surface area is 191 Å². The number of anilines is 1. The van der Waals surface area contributed by atoms with Crippen molar-refractivity contribution in [3.8, 4) is 0 Å². The molecule has 2 heterocycles. The summed E-state index contributed by atoms with van der Waals surface area (Å²) in [5.41, 5.74) is 2.23. The van der Waals surface area contributed by atoms with Crippen LogP contribution in [-0.2, 0) is 17.8 Å². The number of fused-ring (bicyclic) bond motifs is 1. The van der Waals surface area contributed by atoms with Gasteiger partial charge in [-0.2, -0.15) is 0 Å². The highest BCUT2D eigenvalue weighted by Gasteiger charge is 2.53. The summed E-state index contributed by atoms with van der Waals surface area (Å²) < 4.78 is 0. The van der Waals surface area contributed by atoms with Crippen molar-refractivity contribution in [1.29, 1.82) is 0 Å². The second-order valence-corrected chi connectivity index (χ2v) is 11.7. The Hall–Kier alpha value is -1.69. The number of nitrogens with one attached hydrogen (secondary N) is 1. The number of rotatable bonds is 6. The van der Waals surface area contributed by atoms with E-state index in [1.54, 1.807) is 6.33 Å². The fourth-order valence-corrected chi connectivity index (χ4v) is 8.31. The van der Waals surface area contributed by atoms with Gasteiger partial charge in [0.15, 0.2) is 0 Å². The fourth-order valence-electron chi connectivity index (χ4n) is 8.31. The smallest absolute Gasteiger partial charge is 0.223 e. The van der Waals surface area contributed by atoms with Gasteiger partial charge in [-0.25, -0.2) is 9.97 Å². The molecule has 1 atom stereocenters. The molecule has 174 valence electrons. The van der Waals surface area contributed by atoms with Crippen LogP contribution in [-0.4, -0.2) is 45.1 Å². The summed E-state index contributed by atoms with van der Waals surface area (Å²) in [5.74, 6) is 4.26. The Morgan fingerprint density at radius 2 is 1.81 bits per heavy atom. The number of hydrogen-bond donors (Lipinski definition) is 2. The fraction of sp³-hybridized carbons (Fsp3) is 0.808. The van der Waals surface area contributed by atoms with Crippen LogP contribution in [0.5, 0.6) is 0 Å². The van der Waals surface area contributed by atoms with Crippen molar-refractivity contribution in [1.82, 2.24) is 14.9 Å². The first-order valence-corrected chi connectivity index (χ1v) is 13.1. The summed E-state index contributed by atoms with van der Waals surface area (Å²) >= 11 is 0. The lowest BCUT2D eigenvalue weighted by Crippen LogP contribution is -2.53. The highest BCUT2D eigenvalue weighted by molar-refractivity contribution is 5.77. The molecule has 1 amide bonds. The first-order valence-electron chi connectivity index (χ1n) is 13.1. The molecule has 1 unspecified atom stereocenters. The van der Waals surface area contributed by atoms with Crippen molar-refractivity contribution in [3.63, 3.8) is 0 Å². The summed E-state index contributed by atoms with van der Waals surface area (Å²) in [6.45, 7) is 1.91. The highest BCUT2D eigenvalue weighted by Crippen LogP contribution is 2.61. The van der Waals surface area contributed by atoms with E-state index in [2.05, 4.69) is 15.3 Å². The van der Waals surface area contributed by atoms with Gasteiger partial charge in [-0.3, -0.25) is 4.79 Å². The minimum absolute atomic E-state index is 0.123. The van der Waals surface area contributed by atoms with Gasteiger partial charge in [0.2, 0.25) is 5.91 Å². The minimum atomic E-state index is -0.311. The molecule has 5 saturated carbocycles. The first kappa shape index (κ1) is 20.9. The van der Waals surface area contributed by atoms with E-state index in [1.807, 2.05) is 4.90 Å². The normalized spacial score (nSPS) is 34.5. The summed E-state index contributed by atoms with van der Waals surface area (Å²) in [6.07, 6.45) is 15.6. The zero-order valence-corrected chi connectivity index (χ0v) is 19.3. The molecule has 6 aliphatic rings. The highest BCUT2D eigenvalue weighted by atomic mass is 16.3. The molecular weight excluding hydrogens is 400 g/mol. The molecule has 0 spiro atoms. The number of carbonyl (C=O) groups excluding carboxylic acids is 1. The van der Waals surface area contributed by atoms with Crippen LogP contribution in [0.4, 0.5) is 5.82 Å². The molecule has 1 aromatic rings. The zero-order chi connectivity index (χ0) is 21.7. The number of aromatic nitrogens is 2. The number of aliphatic hydroxyl groups is 1. The molecule has 1 aromatic heterocycles. The largest absolute Gasteiger partial charge is 0.391 e. The van der Waals surface area contributed by atoms with Crippen molar-refractivity contribution in [2.24, 2.45) is 29.1 Å². The van der Waals surface area contributed by atoms with E-state index in [-0.39, 0.29) is 17.4 Å². The van der Waals surface area contributed by atoms with Crippen LogP contribution in [0, 0.1) is 29.1 Å². The van der Waals surface area contributed by atoms with E-state index >= 15 is 0 Å². The number of amides is 1. The van der Waals surface area contributed by atoms with Crippen LogP contribution in [0.15, 0.2) is 6.33 Å². The second-order valence-electron chi connectivity index (χ2n) is 11.7. The molecule has 6 heteroatoms. The van der Waals surface area contributed by atoms with Gasteiger partial charge in [0.05, 0.1) is 18.3 Å². The van der Waals surface area contributed by atoms with Gasteiger partial charge in [-0.15, -0.1) is 0 Å². The Kier molecular flexibility index (Phi) is 5.39. The molecule has 7 rings (SSSR count). The second kappa shape index (κ2) is 8.27. The van der Waals surface area contributed by atoms with Crippen LogP contribution in [0.1, 0.15) is 81.9 Å². The van der Waals surface area contributed by atoms with Gasteiger partial charge in [0.25, 0.3) is 0 Å². The molecule has 4 bridgehead atoms. The molecule has 5 fully saturated rings. The van der Waals surface area contributed by atoms with Crippen LogP contribution in [0.25, 0.3) is 0 Å². The summed E-state index contributed by atoms with van der Waals surface area (Å²) in [7, 11) is 0. The van der Waals surface area contributed by atoms with E-state index in [1.165, 1.54) is 64.2 Å². The average molecular weight is 439 g/mol. The molecular formula is C26H38N4O2. The average Bonchev–Trinajstić information content (AvgIpc) is 3.29. The van der Waals surface area contributed by atoms with Crippen LogP contribution < -0.4 is 5.32 Å². The lowest BCUT2D eigenvalue weighted by Gasteiger charge is -2.58. The monoisotopic (exact) mass is 438 g/mol. The molecule has 0 radical (unpaired) electrons. The van der Waals surface area contributed by atoms with Crippen LogP contribution in [0.2, 0.25) is 0 Å². The molecule has 1 aliphatic heterocycles. The summed E-state index contributed by atoms with van der Waals surface area (Å²) in [4.78, 5) is 23.8. The van der Waals surface area contributed by atoms with Crippen molar-refractivity contribution in [2.45, 2.75) is 89.7 Å². The number of nitrogens with zero attached hydrogens (tertiary/aromatic N) is 3. The van der Waals surface area contributed by atoms with Crippen LogP contribution >= 0.6 is 0 Å². The van der Waals surface area contributed by atoms with Crippen molar-refractivity contribution >= 4 is 11.7 Å². The summed E-state index contributed by atoms with van der Waals surface area (Å²) in [6, 6.07) is 0. The quantitative estimate of drug-likeness (QED) is 0.704. The van der Waals surface area contributed by atoms with E-state index in [4.69, 9.17) is 0 Å². The van der Waals surface area contributed by atoms with E-state index in [0.29, 0.717) is 25.4 Å². The van der Waals surface area contributed by atoms with Gasteiger partial charge in [0.1, 0.15) is 12.1 Å². The maximum Gasteiger partial charge on any atom is 0.223 e. The molecule has 2 N–H and O–H groups in total. The van der Waals surface area contributed by atoms with Crippen molar-refractivity contribution in [2.75, 3.05) is 18.4 Å². The molecule has 0 aromatic carbocycles. The standard InChI is InChI=1S/C26H38N4O2/c31-23(26-11-18-7-19(12-26)9-20(8-18)13-26)14-27-25-21-5-6-30(15-22(21)28-16-29-25)24(32)10-17-3-1-2-4-17/h16-20,23,31H,1-15H2,(H,27,28,29). The first-order chi connectivity index (χ1) is 15.6. The van der Waals surface area contributed by atoms with E-state index < -0.39 is 0 Å². The lowest BCUT2D eigenvalue weighted by molar-refractivity contribution is -0.133. The Morgan fingerprint density at radius 1 is 1.12 bits per heavy atom. The third-order valence-corrected chi connectivity index (χ3v) is 9.55. The topological polar surface area (TPSA) is 78.4 Å². The van der Waals surface area contributed by atoms with Gasteiger partial charge < -0.3 is 15.3 Å². The van der Waals surface area contributed by atoms with Crippen LogP contribution in [0.3, 0.4) is 0 Å². The molecule has 5 aliphatic carbocycles. The Morgan fingerprint density at radius 3 is 2.50 bits per heavy atom. The van der Waals surface area contributed by atoms with Crippen molar-refractivity contribution < 1.29 is 9.90 Å². The van der Waals surface area contributed by atoms with E-state index in [0.717, 1.165) is 47.8 Å². The lowest BCUT2D eigenvalue weighted by atomic mass is 9.48. The van der Waals surface area contributed by atoms with Gasteiger partial charge in [-0.05, 0) is 86.9 Å². The van der Waals surface area contributed by atoms with Crippen molar-refractivity contribution in [3.05, 3.63) is 17.6 Å². The predicted octanol–water partition coefficient (Wildman–Crippen LogP) is 3.93. The SMILES string of the molecule is O=C(CC1CCCC1)N1CCc2c(ncnc2NCC(O)C23CC4CC(CC(C4)C2)C3)C1. The Bertz CT molecular complexity index is 830. The Balaban J connectivity index is 1.09. The third-order valence-electron chi connectivity index (χ3n) is 9.55. The van der Waals surface area contributed by atoms with Gasteiger partial charge >= 0.3 is 0 Å². The third kappa shape index (κ3) is 3.82.